The molecule has 7 heteroatoms. The molecule has 0 saturated carbocycles. The molecule has 40 heavy (non-hydrogen) atoms. The summed E-state index contributed by atoms with van der Waals surface area (Å²) in [7, 11) is -1.74. The van der Waals surface area contributed by atoms with Crippen LogP contribution in [0.2, 0.25) is 18.1 Å². The Morgan fingerprint density at radius 1 is 1.02 bits per heavy atom. The van der Waals surface area contributed by atoms with Crippen molar-refractivity contribution in [1.82, 2.24) is 4.57 Å². The third kappa shape index (κ3) is 8.80. The molecule has 0 aliphatic rings. The van der Waals surface area contributed by atoms with Gasteiger partial charge in [-0.05, 0) is 54.2 Å². The largest absolute Gasteiger partial charge is 0.543 e. The monoisotopic (exact) mass is 565 g/mol. The van der Waals surface area contributed by atoms with Crippen LogP contribution < -0.4 is 8.99 Å². The Balaban J connectivity index is 1.49. The Morgan fingerprint density at radius 3 is 2.35 bits per heavy atom. The van der Waals surface area contributed by atoms with E-state index in [9.17, 15) is 9.90 Å². The molecule has 0 bridgehead atoms. The van der Waals surface area contributed by atoms with E-state index in [-0.39, 0.29) is 24.5 Å². The number of esters is 1. The van der Waals surface area contributed by atoms with E-state index >= 15 is 0 Å². The van der Waals surface area contributed by atoms with Gasteiger partial charge in [0.1, 0.15) is 37.3 Å². The fraction of sp³-hybridized carbons (Fsp3) is 0.515. The van der Waals surface area contributed by atoms with Gasteiger partial charge in [-0.25, -0.2) is 9.13 Å². The number of hydrogen-bond acceptors (Lipinski definition) is 4. The molecule has 3 aromatic rings. The van der Waals surface area contributed by atoms with Gasteiger partial charge in [0.2, 0.25) is 14.6 Å². The van der Waals surface area contributed by atoms with Crippen LogP contribution >= 0.6 is 0 Å². The van der Waals surface area contributed by atoms with Crippen LogP contribution in [-0.4, -0.2) is 36.7 Å². The highest BCUT2D eigenvalue weighted by Crippen LogP contribution is 2.29. The Bertz CT molecular complexity index is 1180. The van der Waals surface area contributed by atoms with Crippen LogP contribution in [0.25, 0.3) is 0 Å². The number of nitrogens with zero attached hydrogens (tertiary/aromatic N) is 2. The third-order valence-corrected chi connectivity index (χ3v) is 12.7. The van der Waals surface area contributed by atoms with Crippen LogP contribution in [-0.2, 0) is 22.5 Å². The Morgan fingerprint density at radius 2 is 1.73 bits per heavy atom. The van der Waals surface area contributed by atoms with E-state index in [1.165, 1.54) is 5.56 Å². The second-order valence-electron chi connectivity index (χ2n) is 11.2. The number of carbonyl (C=O) groups excluding carboxylic acids is 1. The molecule has 0 aliphatic heterocycles. The van der Waals surface area contributed by atoms with Gasteiger partial charge in [0.25, 0.3) is 0 Å². The van der Waals surface area contributed by atoms with Crippen molar-refractivity contribution < 1.29 is 23.6 Å². The number of imidazole rings is 1. The van der Waals surface area contributed by atoms with Crippen molar-refractivity contribution in [3.05, 3.63) is 83.9 Å². The number of aryl methyl sites for hydroxylation is 1. The van der Waals surface area contributed by atoms with Gasteiger partial charge in [0.15, 0.2) is 0 Å². The molecule has 0 spiro atoms. The first-order valence-corrected chi connectivity index (χ1v) is 17.5. The number of aliphatic hydroxyl groups excluding tert-OH is 1. The molecule has 218 valence electrons. The highest BCUT2D eigenvalue weighted by molar-refractivity contribution is 6.74. The van der Waals surface area contributed by atoms with Gasteiger partial charge < -0.3 is 14.3 Å². The molecule has 1 aromatic heterocycles. The molecule has 3 atom stereocenters. The van der Waals surface area contributed by atoms with E-state index in [0.717, 1.165) is 48.0 Å². The molecule has 2 aromatic carbocycles. The fourth-order valence-electron chi connectivity index (χ4n) is 5.32. The van der Waals surface area contributed by atoms with E-state index in [1.54, 1.807) is 0 Å². The van der Waals surface area contributed by atoms with E-state index in [4.69, 9.17) is 9.16 Å². The zero-order valence-corrected chi connectivity index (χ0v) is 26.3. The predicted molar refractivity (Wildman–Crippen MR) is 163 cm³/mol. The Hall–Kier alpha value is -2.90. The maximum atomic E-state index is 12.8. The third-order valence-electron chi connectivity index (χ3n) is 8.23. The average Bonchev–Trinajstić information content (AvgIpc) is 3.43. The zero-order chi connectivity index (χ0) is 29.1. The van der Waals surface area contributed by atoms with Gasteiger partial charge in [-0.3, -0.25) is 4.79 Å². The maximum Gasteiger partial charge on any atom is 0.308 e. The minimum absolute atomic E-state index is 0.00458. The van der Waals surface area contributed by atoms with E-state index in [0.29, 0.717) is 12.8 Å². The standard InChI is InChI=1S/C33H49N2O4Si/c1-7-30(35-19-18-34(25-35)23-28-14-12-11-13-15-28)21-27(6)33(37)38-24-31(36)22-29-16-17-32(26(5)20-29)39-40(8-2,9-3)10-4/h11-20,25,27,30-31,36H,7-10,21-24H2,1-6H3/q+1. The van der Waals surface area contributed by atoms with Crippen LogP contribution in [0.5, 0.6) is 5.75 Å². The molecule has 1 heterocycles. The summed E-state index contributed by atoms with van der Waals surface area (Å²) in [5, 5.41) is 10.6. The Kier molecular flexibility index (Phi) is 12.0. The van der Waals surface area contributed by atoms with Crippen molar-refractivity contribution in [2.24, 2.45) is 5.92 Å². The zero-order valence-electron chi connectivity index (χ0n) is 25.3. The fourth-order valence-corrected chi connectivity index (χ4v) is 7.95. The molecular formula is C33H49N2O4Si+. The molecule has 0 saturated heterocycles. The SMILES string of the molecule is CCC(CC(C)C(=O)OCC(O)Cc1ccc(O[Si](CC)(CC)CC)c(C)c1)n1cc[n+](Cc2ccccc2)c1. The summed E-state index contributed by atoms with van der Waals surface area (Å²) >= 11 is 0. The summed E-state index contributed by atoms with van der Waals surface area (Å²) in [5.41, 5.74) is 3.35. The van der Waals surface area contributed by atoms with E-state index in [1.807, 2.05) is 25.1 Å². The number of aliphatic hydroxyl groups is 1. The summed E-state index contributed by atoms with van der Waals surface area (Å²) in [6.45, 7) is 13.6. The quantitative estimate of drug-likeness (QED) is 0.120. The van der Waals surface area contributed by atoms with Crippen LogP contribution in [0, 0.1) is 12.8 Å². The molecule has 0 radical (unpaired) electrons. The molecule has 6 nitrogen and oxygen atoms in total. The van der Waals surface area contributed by atoms with Gasteiger partial charge in [0.05, 0.1) is 12.0 Å². The summed E-state index contributed by atoms with van der Waals surface area (Å²) < 4.78 is 16.4. The average molecular weight is 566 g/mol. The minimum atomic E-state index is -1.74. The summed E-state index contributed by atoms with van der Waals surface area (Å²) in [5.74, 6) is 0.428. The van der Waals surface area contributed by atoms with Crippen LogP contribution in [0.3, 0.4) is 0 Å². The smallest absolute Gasteiger partial charge is 0.308 e. The topological polar surface area (TPSA) is 64.6 Å². The number of rotatable bonds is 16. The van der Waals surface area contributed by atoms with Crippen LogP contribution in [0.1, 0.15) is 70.2 Å². The minimum Gasteiger partial charge on any atom is -0.543 e. The van der Waals surface area contributed by atoms with E-state index in [2.05, 4.69) is 92.8 Å². The molecule has 3 rings (SSSR count). The molecule has 3 unspecified atom stereocenters. The molecule has 0 fully saturated rings. The highest BCUT2D eigenvalue weighted by Gasteiger charge is 2.31. The number of benzene rings is 2. The van der Waals surface area contributed by atoms with Crippen molar-refractivity contribution in [2.45, 2.75) is 97.6 Å². The van der Waals surface area contributed by atoms with Crippen molar-refractivity contribution >= 4 is 14.3 Å². The van der Waals surface area contributed by atoms with Gasteiger partial charge >= 0.3 is 5.97 Å². The number of hydrogen-bond donors (Lipinski definition) is 1. The Labute approximate surface area is 242 Å². The predicted octanol–water partition coefficient (Wildman–Crippen LogP) is 6.64. The molecular weight excluding hydrogens is 516 g/mol. The lowest BCUT2D eigenvalue weighted by Crippen LogP contribution is -2.39. The molecule has 1 N–H and O–H groups in total. The van der Waals surface area contributed by atoms with Gasteiger partial charge in [-0.2, -0.15) is 0 Å². The summed E-state index contributed by atoms with van der Waals surface area (Å²) in [6, 6.07) is 20.0. The first-order valence-electron chi connectivity index (χ1n) is 15.0. The lowest BCUT2D eigenvalue weighted by atomic mass is 10.00. The van der Waals surface area contributed by atoms with Crippen LogP contribution in [0.4, 0.5) is 0 Å². The van der Waals surface area contributed by atoms with E-state index < -0.39 is 14.4 Å². The normalized spacial score (nSPS) is 14.0. The number of carbonyl (C=O) groups is 1. The number of ether oxygens (including phenoxy) is 1. The van der Waals surface area contributed by atoms with Gasteiger partial charge in [-0.15, -0.1) is 0 Å². The second-order valence-corrected chi connectivity index (χ2v) is 15.8. The summed E-state index contributed by atoms with van der Waals surface area (Å²) in [6.07, 6.45) is 7.54. The van der Waals surface area contributed by atoms with Crippen LogP contribution in [0.15, 0.2) is 67.3 Å². The van der Waals surface area contributed by atoms with Crippen molar-refractivity contribution in [3.63, 3.8) is 0 Å². The molecule has 0 aliphatic carbocycles. The molecule has 0 amide bonds. The van der Waals surface area contributed by atoms with Crippen molar-refractivity contribution in [2.75, 3.05) is 6.61 Å². The lowest BCUT2D eigenvalue weighted by molar-refractivity contribution is -0.688. The van der Waals surface area contributed by atoms with Gasteiger partial charge in [-0.1, -0.05) is 77.1 Å². The van der Waals surface area contributed by atoms with Crippen molar-refractivity contribution in [1.29, 1.82) is 0 Å². The second kappa shape index (κ2) is 15.2. The number of aromatic nitrogens is 2. The van der Waals surface area contributed by atoms with Gasteiger partial charge in [0, 0.05) is 12.8 Å². The lowest BCUT2D eigenvalue weighted by Gasteiger charge is -2.30. The van der Waals surface area contributed by atoms with Crippen molar-refractivity contribution in [3.8, 4) is 5.75 Å². The first-order chi connectivity index (χ1) is 19.2. The summed E-state index contributed by atoms with van der Waals surface area (Å²) in [4.78, 5) is 12.8. The highest BCUT2D eigenvalue weighted by atomic mass is 28.4. The maximum absolute atomic E-state index is 12.8. The first kappa shape index (κ1) is 31.6.